The van der Waals surface area contributed by atoms with E-state index in [4.69, 9.17) is 0 Å². The fourth-order valence-electron chi connectivity index (χ4n) is 2.33. The molecule has 0 radical (unpaired) electrons. The van der Waals surface area contributed by atoms with Crippen molar-refractivity contribution >= 4 is 33.1 Å². The molecule has 0 saturated carbocycles. The minimum Gasteiger partial charge on any atom is -0.322 e. The maximum Gasteiger partial charge on any atom is 0.255 e. The minimum absolute atomic E-state index is 0.0911. The van der Waals surface area contributed by atoms with Crippen molar-refractivity contribution in [1.82, 2.24) is 4.98 Å². The fourth-order valence-corrected chi connectivity index (χ4v) is 3.05. The summed E-state index contributed by atoms with van der Waals surface area (Å²) in [5.41, 5.74) is 5.50. The molecule has 2 aromatic carbocycles. The van der Waals surface area contributed by atoms with E-state index in [0.29, 0.717) is 11.5 Å². The summed E-state index contributed by atoms with van der Waals surface area (Å²) in [4.78, 5) is 16.6. The zero-order valence-electron chi connectivity index (χ0n) is 12.7. The highest BCUT2D eigenvalue weighted by Crippen LogP contribution is 2.22. The Bertz CT molecular complexity index is 792. The van der Waals surface area contributed by atoms with Gasteiger partial charge >= 0.3 is 0 Å². The molecule has 3 rings (SSSR count). The molecule has 1 N–H and O–H groups in total. The summed E-state index contributed by atoms with van der Waals surface area (Å²) >= 11 is 1.54. The maximum absolute atomic E-state index is 12.3. The van der Waals surface area contributed by atoms with Gasteiger partial charge in [0.05, 0.1) is 15.7 Å². The van der Waals surface area contributed by atoms with Gasteiger partial charge in [0.2, 0.25) is 0 Å². The topological polar surface area (TPSA) is 42.0 Å². The van der Waals surface area contributed by atoms with Gasteiger partial charge in [-0.05, 0) is 48.2 Å². The second-order valence-corrected chi connectivity index (χ2v) is 6.31. The number of benzene rings is 2. The smallest absolute Gasteiger partial charge is 0.255 e. The molecule has 3 aromatic rings. The van der Waals surface area contributed by atoms with Crippen LogP contribution in [0.25, 0.3) is 10.2 Å². The van der Waals surface area contributed by atoms with Crippen LogP contribution in [0.2, 0.25) is 0 Å². The Morgan fingerprint density at radius 1 is 1.23 bits per heavy atom. The lowest BCUT2D eigenvalue weighted by atomic mass is 9.98. The van der Waals surface area contributed by atoms with Crippen LogP contribution in [-0.4, -0.2) is 10.9 Å². The highest BCUT2D eigenvalue weighted by atomic mass is 32.1. The quantitative estimate of drug-likeness (QED) is 0.731. The second kappa shape index (κ2) is 6.28. The van der Waals surface area contributed by atoms with Crippen molar-refractivity contribution in [3.63, 3.8) is 0 Å². The summed E-state index contributed by atoms with van der Waals surface area (Å²) in [6.45, 7) is 4.38. The molecule has 1 heterocycles. The van der Waals surface area contributed by atoms with E-state index in [9.17, 15) is 4.79 Å². The number of anilines is 1. The summed E-state index contributed by atoms with van der Waals surface area (Å²) in [7, 11) is 0. The van der Waals surface area contributed by atoms with E-state index in [1.807, 2.05) is 30.3 Å². The SMILES string of the molecule is CCC(C)c1ccc(NC(=O)c2ccc3ncsc3c2)cc1. The number of nitrogens with zero attached hydrogens (tertiary/aromatic N) is 1. The summed E-state index contributed by atoms with van der Waals surface area (Å²) in [5.74, 6) is 0.449. The van der Waals surface area contributed by atoms with Crippen molar-refractivity contribution in [2.75, 3.05) is 5.32 Å². The van der Waals surface area contributed by atoms with Crippen LogP contribution in [-0.2, 0) is 0 Å². The molecule has 22 heavy (non-hydrogen) atoms. The van der Waals surface area contributed by atoms with Crippen LogP contribution in [0.1, 0.15) is 42.1 Å². The third kappa shape index (κ3) is 3.02. The van der Waals surface area contributed by atoms with E-state index in [0.717, 1.165) is 22.3 Å². The van der Waals surface area contributed by atoms with Crippen molar-refractivity contribution in [3.8, 4) is 0 Å². The Kier molecular flexibility index (Phi) is 4.20. The van der Waals surface area contributed by atoms with Gasteiger partial charge in [-0.1, -0.05) is 26.0 Å². The van der Waals surface area contributed by atoms with Crippen LogP contribution < -0.4 is 5.32 Å². The lowest BCUT2D eigenvalue weighted by molar-refractivity contribution is 0.102. The van der Waals surface area contributed by atoms with Crippen LogP contribution in [0, 0.1) is 0 Å². The number of rotatable bonds is 4. The zero-order chi connectivity index (χ0) is 15.5. The largest absolute Gasteiger partial charge is 0.322 e. The Hall–Kier alpha value is -2.20. The van der Waals surface area contributed by atoms with Gasteiger partial charge in [0.15, 0.2) is 0 Å². The van der Waals surface area contributed by atoms with Crippen LogP contribution >= 0.6 is 11.3 Å². The molecule has 1 unspecified atom stereocenters. The molecule has 0 saturated heterocycles. The van der Waals surface area contributed by atoms with Gasteiger partial charge in [0.1, 0.15) is 0 Å². The monoisotopic (exact) mass is 310 g/mol. The van der Waals surface area contributed by atoms with E-state index < -0.39 is 0 Å². The Morgan fingerprint density at radius 2 is 2.00 bits per heavy atom. The Labute approximate surface area is 134 Å². The highest BCUT2D eigenvalue weighted by molar-refractivity contribution is 7.16. The highest BCUT2D eigenvalue weighted by Gasteiger charge is 2.09. The van der Waals surface area contributed by atoms with E-state index in [2.05, 4.69) is 36.3 Å². The Balaban J connectivity index is 1.75. The molecule has 0 spiro atoms. The van der Waals surface area contributed by atoms with Crippen LogP contribution in [0.4, 0.5) is 5.69 Å². The van der Waals surface area contributed by atoms with Crippen LogP contribution in [0.15, 0.2) is 48.0 Å². The van der Waals surface area contributed by atoms with Gasteiger partial charge in [-0.25, -0.2) is 4.98 Å². The number of amides is 1. The number of nitrogens with one attached hydrogen (secondary N) is 1. The number of fused-ring (bicyclic) bond motifs is 1. The second-order valence-electron chi connectivity index (χ2n) is 5.42. The predicted octanol–water partition coefficient (Wildman–Crippen LogP) is 5.06. The Morgan fingerprint density at radius 3 is 2.73 bits per heavy atom. The normalized spacial score (nSPS) is 12.3. The van der Waals surface area contributed by atoms with Crippen molar-refractivity contribution < 1.29 is 4.79 Å². The van der Waals surface area contributed by atoms with E-state index in [-0.39, 0.29) is 5.91 Å². The summed E-state index contributed by atoms with van der Waals surface area (Å²) in [6.07, 6.45) is 1.11. The maximum atomic E-state index is 12.3. The molecule has 112 valence electrons. The predicted molar refractivity (Wildman–Crippen MR) is 92.7 cm³/mol. The van der Waals surface area contributed by atoms with E-state index >= 15 is 0 Å². The zero-order valence-corrected chi connectivity index (χ0v) is 13.5. The third-order valence-electron chi connectivity index (χ3n) is 3.94. The molecule has 1 atom stereocenters. The fraction of sp³-hybridized carbons (Fsp3) is 0.222. The molecule has 0 aliphatic carbocycles. The minimum atomic E-state index is -0.0911. The molecule has 1 amide bonds. The van der Waals surface area contributed by atoms with Gasteiger partial charge in [-0.3, -0.25) is 4.79 Å². The number of carbonyl (C=O) groups is 1. The molecule has 4 heteroatoms. The van der Waals surface area contributed by atoms with E-state index in [1.54, 1.807) is 16.8 Å². The van der Waals surface area contributed by atoms with Crippen molar-refractivity contribution in [2.24, 2.45) is 0 Å². The lowest BCUT2D eigenvalue weighted by Gasteiger charge is -2.10. The van der Waals surface area contributed by atoms with Crippen LogP contribution in [0.3, 0.4) is 0 Å². The molecule has 0 fully saturated rings. The van der Waals surface area contributed by atoms with Crippen molar-refractivity contribution in [2.45, 2.75) is 26.2 Å². The van der Waals surface area contributed by atoms with Gasteiger partial charge in [0.25, 0.3) is 5.91 Å². The molecule has 0 bridgehead atoms. The first-order valence-electron chi connectivity index (χ1n) is 7.42. The van der Waals surface area contributed by atoms with Gasteiger partial charge in [0, 0.05) is 11.3 Å². The molecular formula is C18H18N2OS. The number of aromatic nitrogens is 1. The molecular weight excluding hydrogens is 292 g/mol. The average Bonchev–Trinajstić information content (AvgIpc) is 3.02. The van der Waals surface area contributed by atoms with Gasteiger partial charge in [-0.15, -0.1) is 11.3 Å². The number of hydrogen-bond donors (Lipinski definition) is 1. The molecule has 0 aliphatic heterocycles. The van der Waals surface area contributed by atoms with Gasteiger partial charge < -0.3 is 5.32 Å². The lowest BCUT2D eigenvalue weighted by Crippen LogP contribution is -2.11. The number of hydrogen-bond acceptors (Lipinski definition) is 3. The first-order valence-corrected chi connectivity index (χ1v) is 8.30. The first kappa shape index (κ1) is 14.7. The average molecular weight is 310 g/mol. The summed E-state index contributed by atoms with van der Waals surface area (Å²) < 4.78 is 1.03. The molecule has 3 nitrogen and oxygen atoms in total. The van der Waals surface area contributed by atoms with Gasteiger partial charge in [-0.2, -0.15) is 0 Å². The standard InChI is InChI=1S/C18H18N2OS/c1-3-12(2)13-4-7-15(8-5-13)20-18(21)14-6-9-16-17(10-14)22-11-19-16/h4-12H,3H2,1-2H3,(H,20,21). The van der Waals surface area contributed by atoms with E-state index in [1.165, 1.54) is 5.56 Å². The number of carbonyl (C=O) groups excluding carboxylic acids is 1. The molecule has 0 aliphatic rings. The third-order valence-corrected chi connectivity index (χ3v) is 4.74. The summed E-state index contributed by atoms with van der Waals surface area (Å²) in [5, 5.41) is 2.94. The van der Waals surface area contributed by atoms with Crippen molar-refractivity contribution in [3.05, 3.63) is 59.1 Å². The van der Waals surface area contributed by atoms with Crippen LogP contribution in [0.5, 0.6) is 0 Å². The first-order chi connectivity index (χ1) is 10.7. The van der Waals surface area contributed by atoms with Crippen molar-refractivity contribution in [1.29, 1.82) is 0 Å². The number of thiazole rings is 1. The molecule has 1 aromatic heterocycles. The summed E-state index contributed by atoms with van der Waals surface area (Å²) in [6, 6.07) is 13.7.